The fourth-order valence-corrected chi connectivity index (χ4v) is 1.50. The van der Waals surface area contributed by atoms with E-state index in [1.54, 1.807) is 0 Å². The molecule has 0 aliphatic carbocycles. The van der Waals surface area contributed by atoms with Gasteiger partial charge >= 0.3 is 21.6 Å². The molecule has 0 aromatic carbocycles. The smallest absolute Gasteiger partial charge is 0.478 e. The van der Waals surface area contributed by atoms with Crippen molar-refractivity contribution < 1.29 is 42.9 Å². The highest BCUT2D eigenvalue weighted by Crippen LogP contribution is 2.53. The molecule has 0 heterocycles. The van der Waals surface area contributed by atoms with Gasteiger partial charge in [-0.3, -0.25) is 4.79 Å². The van der Waals surface area contributed by atoms with Gasteiger partial charge in [0.15, 0.2) is 0 Å². The number of rotatable bonds is 5. The maximum Gasteiger partial charge on any atom is 0.478 e. The quantitative estimate of drug-likeness (QED) is 0.341. The molecule has 0 spiro atoms. The van der Waals surface area contributed by atoms with Gasteiger partial charge in [0.1, 0.15) is 0 Å². The molecule has 10 nitrogen and oxygen atoms in total. The standard InChI is InChI=1S/C4H9NO2.H4O7P2/c5-3-1-2-4(6)7;1-8(2,3)7-9(4,5)6/h1-3,5H2,(H,6,7);(H2,1,2,3)(H2,4,5,6). The van der Waals surface area contributed by atoms with Crippen LogP contribution in [0.15, 0.2) is 0 Å². The van der Waals surface area contributed by atoms with Crippen LogP contribution < -0.4 is 5.73 Å². The first-order chi connectivity index (χ1) is 6.98. The highest BCUT2D eigenvalue weighted by atomic mass is 31.3. The maximum absolute atomic E-state index is 9.70. The van der Waals surface area contributed by atoms with E-state index in [1.165, 1.54) is 0 Å². The van der Waals surface area contributed by atoms with Gasteiger partial charge in [0.2, 0.25) is 0 Å². The van der Waals surface area contributed by atoms with Crippen LogP contribution in [0.25, 0.3) is 0 Å². The van der Waals surface area contributed by atoms with E-state index in [4.69, 9.17) is 30.4 Å². The van der Waals surface area contributed by atoms with Crippen LogP contribution in [0, 0.1) is 0 Å². The average molecular weight is 281 g/mol. The van der Waals surface area contributed by atoms with Gasteiger partial charge in [0.05, 0.1) is 0 Å². The minimum absolute atomic E-state index is 0.191. The van der Waals surface area contributed by atoms with Crippen LogP contribution in [0.5, 0.6) is 0 Å². The van der Waals surface area contributed by atoms with E-state index < -0.39 is 21.6 Å². The molecule has 0 aromatic heterocycles. The van der Waals surface area contributed by atoms with E-state index in [-0.39, 0.29) is 6.42 Å². The number of aliphatic carboxylic acids is 1. The molecule has 0 rings (SSSR count). The Bertz CT molecular complexity index is 272. The molecule has 0 bridgehead atoms. The molecule has 12 heteroatoms. The number of phosphoric acid groups is 2. The molecule has 0 atom stereocenters. The van der Waals surface area contributed by atoms with Gasteiger partial charge in [0.25, 0.3) is 0 Å². The third-order valence-corrected chi connectivity index (χ3v) is 2.51. The van der Waals surface area contributed by atoms with Gasteiger partial charge in [-0.2, -0.15) is 4.31 Å². The van der Waals surface area contributed by atoms with Gasteiger partial charge in [-0.1, -0.05) is 0 Å². The molecule has 0 aliphatic heterocycles. The Balaban J connectivity index is 0. The number of carboxylic acids is 1. The Morgan fingerprint density at radius 3 is 1.56 bits per heavy atom. The van der Waals surface area contributed by atoms with Crippen LogP contribution in [0.2, 0.25) is 0 Å². The van der Waals surface area contributed by atoms with Gasteiger partial charge in [-0.05, 0) is 13.0 Å². The van der Waals surface area contributed by atoms with E-state index in [0.717, 1.165) is 0 Å². The van der Waals surface area contributed by atoms with Crippen molar-refractivity contribution in [1.29, 1.82) is 0 Å². The lowest BCUT2D eigenvalue weighted by Gasteiger charge is -2.03. The van der Waals surface area contributed by atoms with Crippen molar-refractivity contribution in [3.05, 3.63) is 0 Å². The van der Waals surface area contributed by atoms with Crippen molar-refractivity contribution in [3.63, 3.8) is 0 Å². The molecule has 0 unspecified atom stereocenters. The number of nitrogens with two attached hydrogens (primary N) is 1. The third-order valence-electron chi connectivity index (χ3n) is 0.807. The van der Waals surface area contributed by atoms with E-state index in [0.29, 0.717) is 13.0 Å². The normalized spacial score (nSPS) is 11.6. The number of carbonyl (C=O) groups is 1. The van der Waals surface area contributed by atoms with Crippen molar-refractivity contribution in [2.45, 2.75) is 12.8 Å². The molecule has 0 aliphatic rings. The summed E-state index contributed by atoms with van der Waals surface area (Å²) in [5.74, 6) is -0.773. The maximum atomic E-state index is 9.70. The van der Waals surface area contributed by atoms with Gasteiger partial charge in [-0.25, -0.2) is 9.13 Å². The first kappa shape index (κ1) is 18.1. The molecular weight excluding hydrogens is 268 g/mol. The summed E-state index contributed by atoms with van der Waals surface area (Å²) < 4.78 is 22.2. The Kier molecular flexibility index (Phi) is 8.90. The molecule has 0 saturated heterocycles. The zero-order valence-corrected chi connectivity index (χ0v) is 9.75. The van der Waals surface area contributed by atoms with Gasteiger partial charge in [-0.15, -0.1) is 0 Å². The summed E-state index contributed by atoms with van der Waals surface area (Å²) in [4.78, 5) is 40.7. The summed E-state index contributed by atoms with van der Waals surface area (Å²) in [6, 6.07) is 0. The predicted molar refractivity (Wildman–Crippen MR) is 51.1 cm³/mol. The van der Waals surface area contributed by atoms with Crippen LogP contribution in [0.3, 0.4) is 0 Å². The topological polar surface area (TPSA) is 188 Å². The largest absolute Gasteiger partial charge is 0.481 e. The van der Waals surface area contributed by atoms with E-state index in [2.05, 4.69) is 4.31 Å². The highest BCUT2D eigenvalue weighted by molar-refractivity contribution is 7.60. The van der Waals surface area contributed by atoms with E-state index in [1.807, 2.05) is 0 Å². The van der Waals surface area contributed by atoms with E-state index >= 15 is 0 Å². The third kappa shape index (κ3) is 23.5. The van der Waals surface area contributed by atoms with Crippen LogP contribution in [0.4, 0.5) is 0 Å². The number of carboxylic acid groups (broad SMARTS) is 1. The second-order valence-corrected chi connectivity index (χ2v) is 4.96. The van der Waals surface area contributed by atoms with Crippen LogP contribution in [0.1, 0.15) is 12.8 Å². The second kappa shape index (κ2) is 7.88. The average Bonchev–Trinajstić information content (AvgIpc) is 1.94. The summed E-state index contributed by atoms with van der Waals surface area (Å²) >= 11 is 0. The van der Waals surface area contributed by atoms with Gasteiger partial charge < -0.3 is 30.4 Å². The molecule has 0 saturated carbocycles. The van der Waals surface area contributed by atoms with E-state index in [9.17, 15) is 13.9 Å². The molecule has 16 heavy (non-hydrogen) atoms. The minimum atomic E-state index is -5.05. The minimum Gasteiger partial charge on any atom is -0.481 e. The molecule has 0 fully saturated rings. The second-order valence-electron chi connectivity index (χ2n) is 2.35. The van der Waals surface area contributed by atoms with Crippen molar-refractivity contribution in [1.82, 2.24) is 0 Å². The Labute approximate surface area is 90.5 Å². The first-order valence-electron chi connectivity index (χ1n) is 3.72. The molecule has 0 radical (unpaired) electrons. The van der Waals surface area contributed by atoms with Crippen molar-refractivity contribution in [2.24, 2.45) is 5.73 Å². The van der Waals surface area contributed by atoms with Crippen molar-refractivity contribution >= 4 is 21.6 Å². The number of hydrogen-bond acceptors (Lipinski definition) is 5. The zero-order chi connectivity index (χ0) is 13.4. The lowest BCUT2D eigenvalue weighted by Crippen LogP contribution is -2.02. The molecule has 0 aromatic rings. The van der Waals surface area contributed by atoms with Crippen LogP contribution in [-0.4, -0.2) is 37.2 Å². The predicted octanol–water partition coefficient (Wildman–Crippen LogP) is -1.00. The Morgan fingerprint density at radius 1 is 1.12 bits per heavy atom. The molecule has 98 valence electrons. The molecule has 7 N–H and O–H groups in total. The zero-order valence-electron chi connectivity index (χ0n) is 7.96. The first-order valence-corrected chi connectivity index (χ1v) is 6.78. The van der Waals surface area contributed by atoms with Gasteiger partial charge in [0, 0.05) is 6.42 Å². The lowest BCUT2D eigenvalue weighted by atomic mass is 10.3. The van der Waals surface area contributed by atoms with Crippen LogP contribution >= 0.6 is 15.6 Å². The molecule has 0 amide bonds. The fourth-order valence-electron chi connectivity index (χ4n) is 0.392. The summed E-state index contributed by atoms with van der Waals surface area (Å²) in [7, 11) is -10.1. The summed E-state index contributed by atoms with van der Waals surface area (Å²) in [5, 5.41) is 7.99. The fraction of sp³-hybridized carbons (Fsp3) is 0.750. The Morgan fingerprint density at radius 2 is 1.50 bits per heavy atom. The summed E-state index contributed by atoms with van der Waals surface area (Å²) in [6.07, 6.45) is 0.770. The number of hydrogen-bond donors (Lipinski definition) is 6. The van der Waals surface area contributed by atoms with Crippen molar-refractivity contribution in [2.75, 3.05) is 6.54 Å². The highest BCUT2D eigenvalue weighted by Gasteiger charge is 2.27. The SMILES string of the molecule is NCCCC(=O)O.O=P(O)(O)OP(=O)(O)O. The summed E-state index contributed by atoms with van der Waals surface area (Å²) in [6.45, 7) is 0.465. The van der Waals surface area contributed by atoms with Crippen LogP contribution in [-0.2, 0) is 18.2 Å². The summed E-state index contributed by atoms with van der Waals surface area (Å²) in [5.41, 5.74) is 5.01. The lowest BCUT2D eigenvalue weighted by molar-refractivity contribution is -0.137. The monoisotopic (exact) mass is 281 g/mol. The van der Waals surface area contributed by atoms with Crippen molar-refractivity contribution in [3.8, 4) is 0 Å². The molecular formula is C4H13NO9P2. The Hall–Kier alpha value is -0.310.